The van der Waals surface area contributed by atoms with Crippen LogP contribution in [0.15, 0.2) is 268 Å². The van der Waals surface area contributed by atoms with Gasteiger partial charge in [0.1, 0.15) is 0 Å². The van der Waals surface area contributed by atoms with E-state index >= 15 is 0 Å². The fourth-order valence-corrected chi connectivity index (χ4v) is 14.4. The topological polar surface area (TPSA) is 14.8 Å². The number of hydrogen-bond acceptors (Lipinski definition) is 0. The third-order valence-corrected chi connectivity index (χ3v) is 17.0. The van der Waals surface area contributed by atoms with Crippen LogP contribution in [0.5, 0.6) is 0 Å². The van der Waals surface area contributed by atoms with E-state index in [4.69, 9.17) is 0 Å². The van der Waals surface area contributed by atoms with Gasteiger partial charge in [-0.3, -0.25) is 0 Å². The van der Waals surface area contributed by atoms with Crippen LogP contribution in [0.2, 0.25) is 0 Å². The molecule has 0 spiro atoms. The first kappa shape index (κ1) is 36.6. The number of fused-ring (bicyclic) bond motifs is 9. The van der Waals surface area contributed by atoms with E-state index in [1.54, 1.807) is 0 Å². The van der Waals surface area contributed by atoms with Crippen molar-refractivity contribution in [3.8, 4) is 17.1 Å². The smallest absolute Gasteiger partial charge is 0.0542 e. The Labute approximate surface area is 372 Å². The predicted octanol–water partition coefficient (Wildman–Crippen LogP) is 16.3. The van der Waals surface area contributed by atoms with E-state index in [-0.39, 0.29) is 0 Å². The summed E-state index contributed by atoms with van der Waals surface area (Å²) in [6.07, 6.45) is 0. The molecule has 0 aliphatic carbocycles. The Kier molecular flexibility index (Phi) is 8.30. The zero-order valence-corrected chi connectivity index (χ0v) is 35.7. The van der Waals surface area contributed by atoms with E-state index in [1.165, 1.54) is 85.0 Å². The molecule has 3 nitrogen and oxygen atoms in total. The third-order valence-electron chi connectivity index (χ3n) is 13.1. The normalized spacial score (nSPS) is 12.3. The van der Waals surface area contributed by atoms with Crippen molar-refractivity contribution in [3.05, 3.63) is 249 Å². The maximum atomic E-state index is 2.47. The lowest BCUT2D eigenvalue weighted by atomic mass is 10.1. The lowest BCUT2D eigenvalue weighted by Gasteiger charge is -2.42. The van der Waals surface area contributed by atoms with Crippen LogP contribution in [0.4, 0.5) is 0 Å². The first-order valence-corrected chi connectivity index (χ1v) is 23.6. The summed E-state index contributed by atoms with van der Waals surface area (Å²) in [5.74, 6) is 0. The number of aromatic nitrogens is 3. The largest absolute Gasteiger partial charge is 0.309 e. The maximum absolute atomic E-state index is 2.47. The highest BCUT2D eigenvalue weighted by Gasteiger charge is 2.33. The second-order valence-corrected chi connectivity index (χ2v) is 19.6. The Morgan fingerprint density at radius 3 is 0.891 bits per heavy atom. The van der Waals surface area contributed by atoms with E-state index in [9.17, 15) is 0 Å². The Bertz CT molecular complexity index is 3750. The van der Waals surface area contributed by atoms with Gasteiger partial charge in [0.2, 0.25) is 0 Å². The van der Waals surface area contributed by atoms with Gasteiger partial charge in [-0.05, 0) is 115 Å². The molecule has 4 heteroatoms. The summed E-state index contributed by atoms with van der Waals surface area (Å²) in [5, 5.41) is 7.45. The Hall–Kier alpha value is -8.05. The van der Waals surface area contributed by atoms with Crippen molar-refractivity contribution in [2.75, 3.05) is 0 Å². The molecule has 13 aromatic rings. The SMILES string of the molecule is c1ccc(S(c2ccccc2)(c2ccccc2)c2cccc(-n3c4ccccc4c4cc(-n5c6ccccc6c6cc(-n7c8ccccc8c8ccccc87)ccc65)ccc43)c2)cc1. The molecule has 3 heterocycles. The first-order valence-electron chi connectivity index (χ1n) is 21.9. The van der Waals surface area contributed by atoms with Crippen molar-refractivity contribution < 1.29 is 0 Å². The van der Waals surface area contributed by atoms with Crippen LogP contribution in [0.25, 0.3) is 82.5 Å². The van der Waals surface area contributed by atoms with E-state index in [0.717, 1.165) is 17.1 Å². The Morgan fingerprint density at radius 2 is 0.500 bits per heavy atom. The van der Waals surface area contributed by atoms with Crippen LogP contribution >= 0.6 is 10.0 Å². The van der Waals surface area contributed by atoms with E-state index < -0.39 is 10.0 Å². The first-order chi connectivity index (χ1) is 31.8. The minimum atomic E-state index is -1.87. The Morgan fingerprint density at radius 1 is 0.203 bits per heavy atom. The van der Waals surface area contributed by atoms with Crippen LogP contribution < -0.4 is 0 Å². The van der Waals surface area contributed by atoms with Crippen molar-refractivity contribution in [1.82, 2.24) is 13.7 Å². The third kappa shape index (κ3) is 5.36. The minimum Gasteiger partial charge on any atom is -0.309 e. The van der Waals surface area contributed by atoms with Crippen molar-refractivity contribution >= 4 is 75.4 Å². The molecule has 0 fully saturated rings. The minimum absolute atomic E-state index is 1.14. The molecule has 64 heavy (non-hydrogen) atoms. The summed E-state index contributed by atoms with van der Waals surface area (Å²) in [6.45, 7) is 0. The number of nitrogens with zero attached hydrogens (tertiary/aromatic N) is 3. The van der Waals surface area contributed by atoms with Gasteiger partial charge in [0, 0.05) is 69.0 Å². The van der Waals surface area contributed by atoms with Crippen molar-refractivity contribution in [3.63, 3.8) is 0 Å². The van der Waals surface area contributed by atoms with Crippen molar-refractivity contribution in [2.45, 2.75) is 19.6 Å². The van der Waals surface area contributed by atoms with E-state index in [0.29, 0.717) is 0 Å². The molecule has 0 aliphatic heterocycles. The average Bonchev–Trinajstić information content (AvgIpc) is 4.01. The highest BCUT2D eigenvalue weighted by atomic mass is 32.3. The molecule has 0 unspecified atom stereocenters. The van der Waals surface area contributed by atoms with Crippen LogP contribution in [0.3, 0.4) is 0 Å². The Balaban J connectivity index is 1.01. The molecule has 0 bridgehead atoms. The predicted molar refractivity (Wildman–Crippen MR) is 269 cm³/mol. The van der Waals surface area contributed by atoms with Gasteiger partial charge in [0.05, 0.1) is 33.1 Å². The highest BCUT2D eigenvalue weighted by molar-refractivity contribution is 8.34. The molecule has 0 saturated heterocycles. The van der Waals surface area contributed by atoms with Gasteiger partial charge >= 0.3 is 0 Å². The highest BCUT2D eigenvalue weighted by Crippen LogP contribution is 2.73. The zero-order chi connectivity index (χ0) is 42.2. The monoisotopic (exact) mass is 835 g/mol. The number of para-hydroxylation sites is 4. The molecule has 13 rings (SSSR count). The number of benzene rings is 10. The summed E-state index contributed by atoms with van der Waals surface area (Å²) >= 11 is 0. The lowest BCUT2D eigenvalue weighted by Crippen LogP contribution is -2.06. The fraction of sp³-hybridized carbons (Fsp3) is 0. The van der Waals surface area contributed by atoms with Crippen molar-refractivity contribution in [2.24, 2.45) is 0 Å². The van der Waals surface area contributed by atoms with Gasteiger partial charge in [-0.25, -0.2) is 0 Å². The van der Waals surface area contributed by atoms with Crippen LogP contribution in [0, 0.1) is 0 Å². The number of rotatable bonds is 7. The summed E-state index contributed by atoms with van der Waals surface area (Å²) in [5.41, 5.74) is 10.6. The van der Waals surface area contributed by atoms with Gasteiger partial charge in [-0.2, -0.15) is 0 Å². The lowest BCUT2D eigenvalue weighted by molar-refractivity contribution is 1.14. The van der Waals surface area contributed by atoms with Crippen LogP contribution in [0.1, 0.15) is 0 Å². The fourth-order valence-electron chi connectivity index (χ4n) is 10.5. The summed E-state index contributed by atoms with van der Waals surface area (Å²) < 4.78 is 7.33. The zero-order valence-electron chi connectivity index (χ0n) is 34.9. The summed E-state index contributed by atoms with van der Waals surface area (Å²) in [4.78, 5) is 5.22. The molecule has 302 valence electrons. The second kappa shape index (κ2) is 14.5. The molecule has 3 aromatic heterocycles. The summed E-state index contributed by atoms with van der Waals surface area (Å²) in [7, 11) is -1.87. The number of hydrogen-bond donors (Lipinski definition) is 0. The molecule has 0 N–H and O–H groups in total. The van der Waals surface area contributed by atoms with Gasteiger partial charge in [-0.15, -0.1) is 10.0 Å². The molecular weight excluding hydrogens is 795 g/mol. The molecule has 10 aromatic carbocycles. The van der Waals surface area contributed by atoms with Crippen LogP contribution in [-0.4, -0.2) is 13.7 Å². The molecular formula is C60H41N3S. The quantitative estimate of drug-likeness (QED) is 0.152. The maximum Gasteiger partial charge on any atom is 0.0542 e. The second-order valence-electron chi connectivity index (χ2n) is 16.5. The van der Waals surface area contributed by atoms with Crippen molar-refractivity contribution in [1.29, 1.82) is 0 Å². The molecule has 0 radical (unpaired) electrons. The van der Waals surface area contributed by atoms with Gasteiger partial charge in [0.15, 0.2) is 0 Å². The van der Waals surface area contributed by atoms with Gasteiger partial charge in [-0.1, -0.05) is 133 Å². The van der Waals surface area contributed by atoms with Gasteiger partial charge in [0.25, 0.3) is 0 Å². The summed E-state index contributed by atoms with van der Waals surface area (Å²) in [6, 6.07) is 91.8. The van der Waals surface area contributed by atoms with Gasteiger partial charge < -0.3 is 13.7 Å². The average molecular weight is 836 g/mol. The van der Waals surface area contributed by atoms with Crippen LogP contribution in [-0.2, 0) is 0 Å². The molecule has 0 atom stereocenters. The standard InChI is InChI=1S/C60H41N3S/c1-4-20-45(21-5-1)64(46-22-6-2-7-23-46,47-24-8-3-9-25-47)48-26-18-19-42(39-48)61-57-33-16-12-29-51(57)53-41-44(36-37-59(53)61)63-58-34-17-13-30-52(58)54-40-43(35-38-60(54)63)62-55-31-14-10-27-49(55)50-28-11-15-32-56(50)62/h1-41H. The molecule has 0 aliphatic rings. The molecule has 0 saturated carbocycles. The van der Waals surface area contributed by atoms with E-state index in [1.807, 2.05) is 0 Å². The van der Waals surface area contributed by atoms with E-state index in [2.05, 4.69) is 262 Å². The molecule has 0 amide bonds.